The smallest absolute Gasteiger partial charge is 0.367 e. The number of alkyl halides is 1. The van der Waals surface area contributed by atoms with Crippen LogP contribution >= 0.6 is 11.6 Å². The van der Waals surface area contributed by atoms with E-state index in [1.807, 2.05) is 30.3 Å². The fraction of sp³-hybridized carbons (Fsp3) is 0.469. The minimum atomic E-state index is -2.93. The van der Waals surface area contributed by atoms with E-state index in [2.05, 4.69) is 16.0 Å². The first-order chi connectivity index (χ1) is 22.8. The van der Waals surface area contributed by atoms with Gasteiger partial charge in [-0.15, -0.1) is 11.6 Å². The van der Waals surface area contributed by atoms with Gasteiger partial charge in [0.1, 0.15) is 24.2 Å². The van der Waals surface area contributed by atoms with E-state index in [0.29, 0.717) is 6.42 Å². The van der Waals surface area contributed by atoms with Crippen molar-refractivity contribution in [3.8, 4) is 11.1 Å². The molecule has 1 heterocycles. The van der Waals surface area contributed by atoms with Gasteiger partial charge in [0.05, 0.1) is 24.8 Å². The Labute approximate surface area is 281 Å². The number of hydrogen-bond acceptors (Lipinski definition) is 10. The number of ether oxygens (including phenoxy) is 2. The second kappa shape index (κ2) is 17.9. The van der Waals surface area contributed by atoms with Gasteiger partial charge in [-0.05, 0) is 36.1 Å². The number of carbonyl (C=O) groups excluding carboxylic acids is 3. The Morgan fingerprint density at radius 1 is 0.917 bits per heavy atom. The summed E-state index contributed by atoms with van der Waals surface area (Å²) < 4.78 is 11.2. The molecular formula is C32H40ClN3O12. The van der Waals surface area contributed by atoms with Crippen molar-refractivity contribution in [3.63, 3.8) is 0 Å². The highest BCUT2D eigenvalue weighted by atomic mass is 35.5. The van der Waals surface area contributed by atoms with Crippen LogP contribution in [-0.4, -0.2) is 117 Å². The van der Waals surface area contributed by atoms with Crippen LogP contribution in [0.4, 0.5) is 0 Å². The molecule has 1 aliphatic rings. The summed E-state index contributed by atoms with van der Waals surface area (Å²) in [6.45, 7) is 0.177. The molecular weight excluding hydrogens is 654 g/mol. The van der Waals surface area contributed by atoms with E-state index >= 15 is 0 Å². The first-order valence-corrected chi connectivity index (χ1v) is 15.7. The molecule has 8 N–H and O–H groups in total. The molecule has 3 rings (SSSR count). The number of carbonyl (C=O) groups is 5. The molecule has 1 fully saturated rings. The summed E-state index contributed by atoms with van der Waals surface area (Å²) in [4.78, 5) is 60.8. The maximum atomic E-state index is 12.9. The minimum absolute atomic E-state index is 0.129. The molecule has 2 aromatic rings. The van der Waals surface area contributed by atoms with Crippen molar-refractivity contribution in [3.05, 3.63) is 60.2 Å². The standard InChI is InChI=1S/C32H40ClN3O12/c1-18(37)35-25-26(36-23(39)16-33)29(43)32(31(45)46,47-15-7-3-6-10-24(40)41)48-28(25)27(42)22(38)17-34-30(44)21-13-11-20(12-14-21)19-8-4-2-5-9-19/h2,4-5,8-9,11-14,22,25-29,38,42-43H,3,6-7,10,15-17H2,1H3,(H,34,44)(H,35,37)(H,36,39)(H,40,41)(H,45,46)/t22-,25-,26-,27-,28-,29+,32-/m1/s1. The summed E-state index contributed by atoms with van der Waals surface area (Å²) in [6.07, 6.45) is -7.26. The molecule has 1 saturated heterocycles. The van der Waals surface area contributed by atoms with Gasteiger partial charge in [-0.2, -0.15) is 0 Å². The van der Waals surface area contributed by atoms with Crippen LogP contribution in [0, 0.1) is 0 Å². The van der Waals surface area contributed by atoms with Crippen LogP contribution in [0.3, 0.4) is 0 Å². The topological polar surface area (TPSA) is 241 Å². The van der Waals surface area contributed by atoms with Crippen molar-refractivity contribution in [2.45, 2.75) is 74.9 Å². The largest absolute Gasteiger partial charge is 0.481 e. The van der Waals surface area contributed by atoms with E-state index in [1.165, 1.54) is 0 Å². The van der Waals surface area contributed by atoms with Gasteiger partial charge in [0.25, 0.3) is 11.7 Å². The second-order valence-corrected chi connectivity index (χ2v) is 11.5. The van der Waals surface area contributed by atoms with Crippen molar-refractivity contribution in [1.29, 1.82) is 0 Å². The Balaban J connectivity index is 1.82. The van der Waals surface area contributed by atoms with Crippen molar-refractivity contribution in [1.82, 2.24) is 16.0 Å². The number of benzene rings is 2. The summed E-state index contributed by atoms with van der Waals surface area (Å²) in [5.74, 6) is -8.61. The summed E-state index contributed by atoms with van der Waals surface area (Å²) >= 11 is 5.64. The molecule has 0 radical (unpaired) electrons. The zero-order valence-electron chi connectivity index (χ0n) is 26.1. The summed E-state index contributed by atoms with van der Waals surface area (Å²) in [5, 5.41) is 59.8. The van der Waals surface area contributed by atoms with Gasteiger partial charge in [0.15, 0.2) is 0 Å². The SMILES string of the molecule is CC(=O)N[C@@H]1[C@@H](NC(=O)CCl)[C@H](O)[C@](OCCCCCC(=O)O)(C(=O)O)O[C@H]1[C@H](O)[C@H](O)CNC(=O)c1ccc(-c2ccccc2)cc1. The first-order valence-electron chi connectivity index (χ1n) is 15.2. The predicted molar refractivity (Wildman–Crippen MR) is 170 cm³/mol. The maximum Gasteiger partial charge on any atom is 0.367 e. The van der Waals surface area contributed by atoms with Gasteiger partial charge in [-0.25, -0.2) is 4.79 Å². The van der Waals surface area contributed by atoms with E-state index in [1.54, 1.807) is 24.3 Å². The number of rotatable bonds is 17. The van der Waals surface area contributed by atoms with Crippen LogP contribution in [0.25, 0.3) is 11.1 Å². The Morgan fingerprint density at radius 3 is 2.15 bits per heavy atom. The average Bonchev–Trinajstić information content (AvgIpc) is 3.07. The molecule has 0 spiro atoms. The molecule has 48 heavy (non-hydrogen) atoms. The lowest BCUT2D eigenvalue weighted by Gasteiger charge is -2.50. The number of unbranched alkanes of at least 4 members (excludes halogenated alkanes) is 2. The third-order valence-electron chi connectivity index (χ3n) is 7.71. The number of nitrogens with one attached hydrogen (secondary N) is 3. The predicted octanol–water partition coefficient (Wildman–Crippen LogP) is 0.236. The molecule has 16 heteroatoms. The number of amides is 3. The third-order valence-corrected chi connectivity index (χ3v) is 7.95. The number of carboxylic acid groups (broad SMARTS) is 2. The van der Waals surface area contributed by atoms with E-state index in [4.69, 9.17) is 26.2 Å². The zero-order valence-corrected chi connectivity index (χ0v) is 26.8. The molecule has 0 bridgehead atoms. The zero-order chi connectivity index (χ0) is 35.4. The fourth-order valence-electron chi connectivity index (χ4n) is 5.28. The van der Waals surface area contributed by atoms with Crippen LogP contribution < -0.4 is 16.0 Å². The van der Waals surface area contributed by atoms with E-state index in [0.717, 1.165) is 18.1 Å². The number of halogens is 1. The quantitative estimate of drug-likeness (QED) is 0.0821. The Morgan fingerprint density at radius 2 is 1.56 bits per heavy atom. The molecule has 0 saturated carbocycles. The van der Waals surface area contributed by atoms with Crippen LogP contribution in [0.5, 0.6) is 0 Å². The van der Waals surface area contributed by atoms with Crippen LogP contribution in [-0.2, 0) is 28.7 Å². The number of aliphatic carboxylic acids is 2. The molecule has 0 unspecified atom stereocenters. The Hall–Kier alpha value is -4.12. The molecule has 2 aromatic carbocycles. The summed E-state index contributed by atoms with van der Waals surface area (Å²) in [7, 11) is 0. The van der Waals surface area contributed by atoms with E-state index in [9.17, 15) is 44.4 Å². The van der Waals surface area contributed by atoms with Crippen molar-refractivity contribution < 1.29 is 59.0 Å². The summed E-state index contributed by atoms with van der Waals surface area (Å²) in [6, 6.07) is 12.9. The normalized spacial score (nSPS) is 23.4. The van der Waals surface area contributed by atoms with Crippen LogP contribution in [0.2, 0.25) is 0 Å². The summed E-state index contributed by atoms with van der Waals surface area (Å²) in [5.41, 5.74) is 2.05. The number of aliphatic hydroxyl groups is 3. The molecule has 0 aliphatic carbocycles. The highest BCUT2D eigenvalue weighted by molar-refractivity contribution is 6.27. The van der Waals surface area contributed by atoms with Crippen LogP contribution in [0.15, 0.2) is 54.6 Å². The number of carboxylic acids is 2. The van der Waals surface area contributed by atoms with Gasteiger partial charge < -0.3 is 51.0 Å². The van der Waals surface area contributed by atoms with E-state index < -0.39 is 84.4 Å². The van der Waals surface area contributed by atoms with Gasteiger partial charge in [0.2, 0.25) is 11.8 Å². The monoisotopic (exact) mass is 693 g/mol. The molecule has 1 aliphatic heterocycles. The highest BCUT2D eigenvalue weighted by Gasteiger charge is 2.62. The average molecular weight is 694 g/mol. The van der Waals surface area contributed by atoms with Crippen molar-refractivity contribution in [2.75, 3.05) is 19.0 Å². The minimum Gasteiger partial charge on any atom is -0.481 e. The lowest BCUT2D eigenvalue weighted by atomic mass is 9.84. The number of aliphatic hydroxyl groups excluding tert-OH is 3. The van der Waals surface area contributed by atoms with Crippen molar-refractivity contribution >= 4 is 41.3 Å². The fourth-order valence-corrected chi connectivity index (χ4v) is 5.36. The Bertz CT molecular complexity index is 1410. The maximum absolute atomic E-state index is 12.9. The van der Waals surface area contributed by atoms with Crippen molar-refractivity contribution in [2.24, 2.45) is 0 Å². The van der Waals surface area contributed by atoms with Gasteiger partial charge in [-0.1, -0.05) is 48.9 Å². The molecule has 7 atom stereocenters. The lowest BCUT2D eigenvalue weighted by molar-refractivity contribution is -0.333. The van der Waals surface area contributed by atoms with E-state index in [-0.39, 0.29) is 31.4 Å². The Kier molecular flexibility index (Phi) is 14.3. The lowest BCUT2D eigenvalue weighted by Crippen LogP contribution is -2.77. The van der Waals surface area contributed by atoms with Crippen LogP contribution in [0.1, 0.15) is 43.0 Å². The van der Waals surface area contributed by atoms with Gasteiger partial charge in [-0.3, -0.25) is 19.2 Å². The first kappa shape index (κ1) is 38.3. The van der Waals surface area contributed by atoms with Gasteiger partial charge >= 0.3 is 11.9 Å². The number of hydrogen-bond donors (Lipinski definition) is 8. The van der Waals surface area contributed by atoms with Gasteiger partial charge in [0, 0.05) is 25.5 Å². The highest BCUT2D eigenvalue weighted by Crippen LogP contribution is 2.34. The molecule has 262 valence electrons. The second-order valence-electron chi connectivity index (χ2n) is 11.2. The molecule has 3 amide bonds. The third kappa shape index (κ3) is 9.95. The molecule has 0 aromatic heterocycles. The molecule has 15 nitrogen and oxygen atoms in total.